The molecule has 0 amide bonds. The van der Waals surface area contributed by atoms with Crippen molar-refractivity contribution >= 4 is 38.0 Å². The standard InChI is InChI=1S/C22H17FN4O3S.Na/c1-13-10-14(23)2-5-17(13)21-8-3-15(12-25-21)26-27-22-9-7-20(24)18-6-4-16(11-19(18)22)31(28,29)30;/h2-12H,24H2,1H3,(H,28,29,30);/q;+1/p-1. The third kappa shape index (κ3) is 5.03. The van der Waals surface area contributed by atoms with Gasteiger partial charge in [0, 0.05) is 22.0 Å². The molecule has 4 aromatic rings. The van der Waals surface area contributed by atoms with Crippen LogP contribution < -0.4 is 35.3 Å². The van der Waals surface area contributed by atoms with Crippen LogP contribution >= 0.6 is 0 Å². The number of nitrogens with zero attached hydrogens (tertiary/aromatic N) is 3. The maximum Gasteiger partial charge on any atom is 1.00 e. The van der Waals surface area contributed by atoms with Crippen LogP contribution in [-0.2, 0) is 10.1 Å². The average molecular weight is 458 g/mol. The van der Waals surface area contributed by atoms with Gasteiger partial charge in [0.2, 0.25) is 0 Å². The summed E-state index contributed by atoms with van der Waals surface area (Å²) in [6.45, 7) is 1.80. The van der Waals surface area contributed by atoms with E-state index in [1.807, 2.05) is 0 Å². The largest absolute Gasteiger partial charge is 1.00 e. The second kappa shape index (κ2) is 9.43. The topological polar surface area (TPSA) is 121 Å². The molecule has 10 heteroatoms. The Hall–Kier alpha value is -2.69. The Morgan fingerprint density at radius 1 is 0.969 bits per heavy atom. The van der Waals surface area contributed by atoms with Gasteiger partial charge >= 0.3 is 29.6 Å². The molecule has 1 heterocycles. The number of benzene rings is 3. The zero-order chi connectivity index (χ0) is 22.2. The van der Waals surface area contributed by atoms with Crippen molar-refractivity contribution in [1.82, 2.24) is 4.98 Å². The van der Waals surface area contributed by atoms with Gasteiger partial charge in [0.15, 0.2) is 0 Å². The fourth-order valence-electron chi connectivity index (χ4n) is 3.21. The Bertz CT molecular complexity index is 1440. The Morgan fingerprint density at radius 2 is 1.75 bits per heavy atom. The first-order valence-electron chi connectivity index (χ1n) is 9.15. The van der Waals surface area contributed by atoms with E-state index in [2.05, 4.69) is 15.2 Å². The predicted octanol–water partition coefficient (Wildman–Crippen LogP) is 2.26. The Kier molecular flexibility index (Phi) is 7.06. The number of fused-ring (bicyclic) bond motifs is 1. The van der Waals surface area contributed by atoms with E-state index >= 15 is 0 Å². The minimum atomic E-state index is -4.62. The van der Waals surface area contributed by atoms with Crippen LogP contribution in [0.25, 0.3) is 22.0 Å². The zero-order valence-electron chi connectivity index (χ0n) is 17.3. The molecule has 156 valence electrons. The van der Waals surface area contributed by atoms with Gasteiger partial charge in [0.25, 0.3) is 0 Å². The molecule has 4 rings (SSSR count). The van der Waals surface area contributed by atoms with Crippen LogP contribution in [0, 0.1) is 12.7 Å². The summed E-state index contributed by atoms with van der Waals surface area (Å²) in [7, 11) is -4.62. The number of aromatic nitrogens is 1. The molecule has 32 heavy (non-hydrogen) atoms. The van der Waals surface area contributed by atoms with E-state index in [0.717, 1.165) is 11.1 Å². The number of hydrogen-bond acceptors (Lipinski definition) is 7. The summed E-state index contributed by atoms with van der Waals surface area (Å²) in [5.41, 5.74) is 9.42. The van der Waals surface area contributed by atoms with Crippen molar-refractivity contribution in [1.29, 1.82) is 0 Å². The molecule has 0 atom stereocenters. The molecule has 0 bridgehead atoms. The fraction of sp³-hybridized carbons (Fsp3) is 0.0455. The second-order valence-electron chi connectivity index (χ2n) is 6.90. The van der Waals surface area contributed by atoms with Crippen LogP contribution in [-0.4, -0.2) is 18.0 Å². The molecule has 0 spiro atoms. The molecule has 0 saturated carbocycles. The van der Waals surface area contributed by atoms with Crippen LogP contribution in [0.5, 0.6) is 0 Å². The average Bonchev–Trinajstić information content (AvgIpc) is 2.73. The smallest absolute Gasteiger partial charge is 0.744 e. The van der Waals surface area contributed by atoms with Gasteiger partial charge in [0.05, 0.1) is 22.5 Å². The molecule has 0 fully saturated rings. The van der Waals surface area contributed by atoms with Crippen LogP contribution in [0.4, 0.5) is 21.5 Å². The van der Waals surface area contributed by atoms with E-state index in [-0.39, 0.29) is 40.3 Å². The number of pyridine rings is 1. The van der Waals surface area contributed by atoms with E-state index in [4.69, 9.17) is 5.73 Å². The first-order valence-corrected chi connectivity index (χ1v) is 10.6. The van der Waals surface area contributed by atoms with Gasteiger partial charge < -0.3 is 10.3 Å². The quantitative estimate of drug-likeness (QED) is 0.218. The number of rotatable bonds is 4. The molecule has 0 unspecified atom stereocenters. The van der Waals surface area contributed by atoms with E-state index in [9.17, 15) is 17.4 Å². The molecular formula is C22H16FN4NaO3S. The van der Waals surface area contributed by atoms with Crippen molar-refractivity contribution in [2.45, 2.75) is 11.8 Å². The van der Waals surface area contributed by atoms with Crippen molar-refractivity contribution in [3.05, 3.63) is 78.2 Å². The number of nitrogen functional groups attached to an aromatic ring is 1. The van der Waals surface area contributed by atoms with Crippen molar-refractivity contribution < 1.29 is 46.9 Å². The van der Waals surface area contributed by atoms with E-state index in [1.165, 1.54) is 36.5 Å². The predicted molar refractivity (Wildman–Crippen MR) is 115 cm³/mol. The number of hydrogen-bond donors (Lipinski definition) is 1. The molecular weight excluding hydrogens is 442 g/mol. The van der Waals surface area contributed by atoms with Crippen molar-refractivity contribution in [3.63, 3.8) is 0 Å². The third-order valence-electron chi connectivity index (χ3n) is 4.77. The van der Waals surface area contributed by atoms with Crippen LogP contribution in [0.15, 0.2) is 82.0 Å². The summed E-state index contributed by atoms with van der Waals surface area (Å²) in [6, 6.07) is 15.1. The molecule has 7 nitrogen and oxygen atoms in total. The Balaban J connectivity index is 0.00000289. The van der Waals surface area contributed by atoms with Crippen LogP contribution in [0.2, 0.25) is 0 Å². The van der Waals surface area contributed by atoms with Crippen LogP contribution in [0.3, 0.4) is 0 Å². The fourth-order valence-corrected chi connectivity index (χ4v) is 3.71. The van der Waals surface area contributed by atoms with Gasteiger partial charge in [-0.2, -0.15) is 0 Å². The van der Waals surface area contributed by atoms with Gasteiger partial charge in [-0.15, -0.1) is 10.2 Å². The minimum Gasteiger partial charge on any atom is -0.744 e. The summed E-state index contributed by atoms with van der Waals surface area (Å²) < 4.78 is 47.4. The maximum absolute atomic E-state index is 13.3. The third-order valence-corrected chi connectivity index (χ3v) is 5.60. The number of anilines is 1. The number of azo groups is 1. The number of aryl methyl sites for hydroxylation is 1. The first kappa shape index (κ1) is 24.0. The van der Waals surface area contributed by atoms with Crippen molar-refractivity contribution in [2.75, 3.05) is 5.73 Å². The number of halogens is 1. The van der Waals surface area contributed by atoms with E-state index in [0.29, 0.717) is 33.5 Å². The summed E-state index contributed by atoms with van der Waals surface area (Å²) in [4.78, 5) is 3.99. The number of nitrogens with two attached hydrogens (primary N) is 1. The molecule has 0 saturated heterocycles. The molecule has 3 aromatic carbocycles. The van der Waals surface area contributed by atoms with Gasteiger partial charge in [0.1, 0.15) is 21.6 Å². The molecule has 0 aliphatic heterocycles. The van der Waals surface area contributed by atoms with Gasteiger partial charge in [-0.05, 0) is 67.1 Å². The molecule has 0 aliphatic carbocycles. The van der Waals surface area contributed by atoms with Gasteiger partial charge in [-0.25, -0.2) is 12.8 Å². The SMILES string of the molecule is Cc1cc(F)ccc1-c1ccc(N=Nc2ccc(N)c3ccc(S(=O)(=O)[O-])cc23)cn1.[Na+]. The monoisotopic (exact) mass is 458 g/mol. The molecule has 0 aliphatic rings. The van der Waals surface area contributed by atoms with E-state index in [1.54, 1.807) is 37.3 Å². The molecule has 1 aromatic heterocycles. The summed E-state index contributed by atoms with van der Waals surface area (Å²) in [6.07, 6.45) is 1.52. The van der Waals surface area contributed by atoms with Crippen LogP contribution in [0.1, 0.15) is 5.56 Å². The molecule has 0 radical (unpaired) electrons. The van der Waals surface area contributed by atoms with Gasteiger partial charge in [-0.3, -0.25) is 4.98 Å². The second-order valence-corrected chi connectivity index (χ2v) is 8.28. The zero-order valence-corrected chi connectivity index (χ0v) is 20.1. The van der Waals surface area contributed by atoms with Gasteiger partial charge in [-0.1, -0.05) is 6.07 Å². The summed E-state index contributed by atoms with van der Waals surface area (Å²) in [5.74, 6) is -0.310. The maximum atomic E-state index is 13.3. The normalized spacial score (nSPS) is 11.6. The first-order chi connectivity index (χ1) is 14.7. The molecule has 2 N–H and O–H groups in total. The van der Waals surface area contributed by atoms with Crippen molar-refractivity contribution in [3.8, 4) is 11.3 Å². The Labute approximate surface area is 206 Å². The minimum absolute atomic E-state index is 0. The van der Waals surface area contributed by atoms with E-state index < -0.39 is 10.1 Å². The summed E-state index contributed by atoms with van der Waals surface area (Å²) in [5, 5.41) is 9.29. The van der Waals surface area contributed by atoms with Crippen molar-refractivity contribution in [2.24, 2.45) is 10.2 Å². The summed E-state index contributed by atoms with van der Waals surface area (Å²) >= 11 is 0. The Morgan fingerprint density at radius 3 is 2.41 bits per heavy atom.